The molecule has 1 rings (SSSR count). The third-order valence-corrected chi connectivity index (χ3v) is 2.48. The second-order valence-electron chi connectivity index (χ2n) is 3.47. The molecule has 1 N–H and O–H groups in total. The van der Waals surface area contributed by atoms with Crippen molar-refractivity contribution in [2.24, 2.45) is 0 Å². The molecule has 0 atom stereocenters. The van der Waals surface area contributed by atoms with Gasteiger partial charge in [-0.25, -0.2) is 0 Å². The zero-order chi connectivity index (χ0) is 12.7. The molecule has 0 aliphatic rings. The van der Waals surface area contributed by atoms with Gasteiger partial charge in [0, 0.05) is 6.54 Å². The molecule has 0 fully saturated rings. The van der Waals surface area contributed by atoms with E-state index in [0.717, 1.165) is 12.1 Å². The summed E-state index contributed by atoms with van der Waals surface area (Å²) in [4.78, 5) is 11.1. The summed E-state index contributed by atoms with van der Waals surface area (Å²) in [5.74, 6) is 0.334. The van der Waals surface area contributed by atoms with Gasteiger partial charge in [-0.3, -0.25) is 4.79 Å². The summed E-state index contributed by atoms with van der Waals surface area (Å²) in [5, 5.41) is 3.48. The molecular weight excluding hydrogens is 242 g/mol. The van der Waals surface area contributed by atoms with Crippen LogP contribution in [0.25, 0.3) is 0 Å². The van der Waals surface area contributed by atoms with Crippen molar-refractivity contribution < 1.29 is 14.3 Å². The molecule has 0 saturated carbocycles. The van der Waals surface area contributed by atoms with Crippen molar-refractivity contribution in [2.45, 2.75) is 6.42 Å². The van der Waals surface area contributed by atoms with E-state index in [1.807, 2.05) is 7.05 Å². The van der Waals surface area contributed by atoms with Crippen LogP contribution in [0, 0.1) is 0 Å². The van der Waals surface area contributed by atoms with Gasteiger partial charge in [-0.15, -0.1) is 0 Å². The average molecular weight is 258 g/mol. The molecule has 0 aromatic heterocycles. The third kappa shape index (κ3) is 4.63. The molecule has 0 aliphatic carbocycles. The van der Waals surface area contributed by atoms with E-state index in [1.165, 1.54) is 7.11 Å². The molecule has 17 heavy (non-hydrogen) atoms. The Labute approximate surface area is 106 Å². The number of likely N-dealkylation sites (N-methyl/N-ethyl adjacent to an activating group) is 1. The summed E-state index contributed by atoms with van der Waals surface area (Å²) in [7, 11) is 3.21. The van der Waals surface area contributed by atoms with Gasteiger partial charge < -0.3 is 14.8 Å². The van der Waals surface area contributed by atoms with Gasteiger partial charge in [-0.1, -0.05) is 17.7 Å². The highest BCUT2D eigenvalue weighted by Crippen LogP contribution is 2.25. The molecule has 0 saturated heterocycles. The molecular formula is C12H16ClNO3. The number of carbonyl (C=O) groups excluding carboxylic acids is 1. The number of hydrogen-bond acceptors (Lipinski definition) is 4. The first-order valence-corrected chi connectivity index (χ1v) is 5.67. The van der Waals surface area contributed by atoms with E-state index in [9.17, 15) is 4.79 Å². The van der Waals surface area contributed by atoms with Gasteiger partial charge >= 0.3 is 5.97 Å². The topological polar surface area (TPSA) is 47.6 Å². The maximum atomic E-state index is 11.1. The molecule has 0 bridgehead atoms. The molecule has 1 aromatic rings. The summed E-state index contributed by atoms with van der Waals surface area (Å²) in [6, 6.07) is 5.28. The molecule has 0 heterocycles. The molecule has 0 unspecified atom stereocenters. The fourth-order valence-electron chi connectivity index (χ4n) is 1.27. The summed E-state index contributed by atoms with van der Waals surface area (Å²) < 4.78 is 10.0. The van der Waals surface area contributed by atoms with Crippen molar-refractivity contribution in [1.29, 1.82) is 0 Å². The molecule has 0 amide bonds. The van der Waals surface area contributed by atoms with Crippen LogP contribution in [0.1, 0.15) is 5.56 Å². The molecule has 0 radical (unpaired) electrons. The van der Waals surface area contributed by atoms with Crippen LogP contribution in [0.5, 0.6) is 5.75 Å². The number of carbonyl (C=O) groups is 1. The van der Waals surface area contributed by atoms with Gasteiger partial charge in [0.15, 0.2) is 0 Å². The highest BCUT2D eigenvalue weighted by atomic mass is 35.5. The summed E-state index contributed by atoms with van der Waals surface area (Å²) >= 11 is 6.04. The highest BCUT2D eigenvalue weighted by Gasteiger charge is 2.06. The summed E-state index contributed by atoms with van der Waals surface area (Å²) in [5.41, 5.74) is 0.808. The molecule has 0 aliphatic heterocycles. The normalized spacial score (nSPS) is 10.1. The predicted octanol–water partition coefficient (Wildman–Crippen LogP) is 1.65. The Kier molecular flexibility index (Phi) is 5.80. The standard InChI is InChI=1S/C12H16ClNO3/c1-14-5-6-17-11-4-3-9(7-10(11)13)8-12(15)16-2/h3-4,7,14H,5-6,8H2,1-2H3. The van der Waals surface area contributed by atoms with Crippen LogP contribution >= 0.6 is 11.6 Å². The second kappa shape index (κ2) is 7.14. The lowest BCUT2D eigenvalue weighted by molar-refractivity contribution is -0.139. The van der Waals surface area contributed by atoms with Crippen LogP contribution in [-0.2, 0) is 16.0 Å². The number of benzene rings is 1. The fourth-order valence-corrected chi connectivity index (χ4v) is 1.53. The van der Waals surface area contributed by atoms with Crippen LogP contribution in [-0.4, -0.2) is 33.3 Å². The van der Waals surface area contributed by atoms with E-state index in [-0.39, 0.29) is 12.4 Å². The van der Waals surface area contributed by atoms with Gasteiger partial charge in [-0.2, -0.15) is 0 Å². The minimum atomic E-state index is -0.287. The number of hydrogen-bond donors (Lipinski definition) is 1. The lowest BCUT2D eigenvalue weighted by Gasteiger charge is -2.09. The third-order valence-electron chi connectivity index (χ3n) is 2.18. The Balaban J connectivity index is 2.62. The van der Waals surface area contributed by atoms with E-state index >= 15 is 0 Å². The molecule has 1 aromatic carbocycles. The molecule has 94 valence electrons. The van der Waals surface area contributed by atoms with Gasteiger partial charge in [0.1, 0.15) is 12.4 Å². The molecule has 5 heteroatoms. The maximum Gasteiger partial charge on any atom is 0.309 e. The number of nitrogens with one attached hydrogen (secondary N) is 1. The van der Waals surface area contributed by atoms with E-state index in [2.05, 4.69) is 10.1 Å². The Morgan fingerprint density at radius 1 is 1.47 bits per heavy atom. The van der Waals surface area contributed by atoms with Crippen LogP contribution < -0.4 is 10.1 Å². The first-order valence-electron chi connectivity index (χ1n) is 5.30. The van der Waals surface area contributed by atoms with Crippen molar-refractivity contribution in [2.75, 3.05) is 27.3 Å². The first kappa shape index (κ1) is 13.8. The highest BCUT2D eigenvalue weighted by molar-refractivity contribution is 6.32. The predicted molar refractivity (Wildman–Crippen MR) is 66.6 cm³/mol. The molecule has 4 nitrogen and oxygen atoms in total. The largest absolute Gasteiger partial charge is 0.491 e. The van der Waals surface area contributed by atoms with Gasteiger partial charge in [-0.05, 0) is 24.7 Å². The van der Waals surface area contributed by atoms with Gasteiger partial charge in [0.25, 0.3) is 0 Å². The number of methoxy groups -OCH3 is 1. The number of ether oxygens (including phenoxy) is 2. The average Bonchev–Trinajstić information content (AvgIpc) is 2.32. The number of esters is 1. The Bertz CT molecular complexity index is 382. The van der Waals surface area contributed by atoms with E-state index in [4.69, 9.17) is 16.3 Å². The maximum absolute atomic E-state index is 11.1. The van der Waals surface area contributed by atoms with E-state index in [0.29, 0.717) is 17.4 Å². The van der Waals surface area contributed by atoms with Crippen LogP contribution in [0.2, 0.25) is 5.02 Å². The van der Waals surface area contributed by atoms with Crippen molar-refractivity contribution >= 4 is 17.6 Å². The zero-order valence-electron chi connectivity index (χ0n) is 9.96. The monoisotopic (exact) mass is 257 g/mol. The SMILES string of the molecule is CNCCOc1ccc(CC(=O)OC)cc1Cl. The zero-order valence-corrected chi connectivity index (χ0v) is 10.7. The van der Waals surface area contributed by atoms with Crippen molar-refractivity contribution in [3.05, 3.63) is 28.8 Å². The fraction of sp³-hybridized carbons (Fsp3) is 0.417. The van der Waals surface area contributed by atoms with Gasteiger partial charge in [0.05, 0.1) is 18.6 Å². The Hall–Kier alpha value is -1.26. The van der Waals surface area contributed by atoms with Crippen molar-refractivity contribution in [3.8, 4) is 5.75 Å². The smallest absolute Gasteiger partial charge is 0.309 e. The van der Waals surface area contributed by atoms with Crippen LogP contribution in [0.15, 0.2) is 18.2 Å². The quantitative estimate of drug-likeness (QED) is 0.622. The van der Waals surface area contributed by atoms with E-state index < -0.39 is 0 Å². The minimum absolute atomic E-state index is 0.215. The van der Waals surface area contributed by atoms with Crippen molar-refractivity contribution in [1.82, 2.24) is 5.32 Å². The lowest BCUT2D eigenvalue weighted by Crippen LogP contribution is -2.16. The lowest BCUT2D eigenvalue weighted by atomic mass is 10.1. The Morgan fingerprint density at radius 3 is 2.82 bits per heavy atom. The van der Waals surface area contributed by atoms with Crippen molar-refractivity contribution in [3.63, 3.8) is 0 Å². The second-order valence-corrected chi connectivity index (χ2v) is 3.88. The van der Waals surface area contributed by atoms with Crippen LogP contribution in [0.3, 0.4) is 0 Å². The van der Waals surface area contributed by atoms with E-state index in [1.54, 1.807) is 18.2 Å². The Morgan fingerprint density at radius 2 is 2.24 bits per heavy atom. The minimum Gasteiger partial charge on any atom is -0.491 e. The summed E-state index contributed by atoms with van der Waals surface area (Å²) in [6.07, 6.45) is 0.215. The number of rotatable bonds is 6. The number of halogens is 1. The van der Waals surface area contributed by atoms with Crippen LogP contribution in [0.4, 0.5) is 0 Å². The molecule has 0 spiro atoms. The first-order chi connectivity index (χ1) is 8.17. The van der Waals surface area contributed by atoms with Gasteiger partial charge in [0.2, 0.25) is 0 Å². The summed E-state index contributed by atoms with van der Waals surface area (Å²) in [6.45, 7) is 1.30.